The van der Waals surface area contributed by atoms with Crippen molar-refractivity contribution in [3.63, 3.8) is 0 Å². The number of nitrogens with one attached hydrogen (secondary N) is 1. The number of aromatic nitrogens is 2. The largest absolute Gasteiger partial charge is 0.339 e. The van der Waals surface area contributed by atoms with Crippen LogP contribution in [0.25, 0.3) is 0 Å². The fraction of sp³-hybridized carbons (Fsp3) is 0.750. The first-order chi connectivity index (χ1) is 5.88. The van der Waals surface area contributed by atoms with Gasteiger partial charge in [0, 0.05) is 5.92 Å². The lowest BCUT2D eigenvalue weighted by molar-refractivity contribution is 0.269. The van der Waals surface area contributed by atoms with Crippen LogP contribution in [0.5, 0.6) is 0 Å². The molecule has 1 aliphatic rings. The highest BCUT2D eigenvalue weighted by atomic mass is 16.5. The Morgan fingerprint density at radius 1 is 1.67 bits per heavy atom. The summed E-state index contributed by atoms with van der Waals surface area (Å²) in [6.45, 7) is 4.31. The smallest absolute Gasteiger partial charge is 0.229 e. The molecule has 0 aromatic carbocycles. The highest BCUT2D eigenvalue weighted by molar-refractivity contribution is 4.95. The van der Waals surface area contributed by atoms with E-state index < -0.39 is 0 Å². The van der Waals surface area contributed by atoms with Gasteiger partial charge in [0.2, 0.25) is 5.89 Å². The van der Waals surface area contributed by atoms with Crippen molar-refractivity contribution in [3.05, 3.63) is 12.2 Å². The van der Waals surface area contributed by atoms with Gasteiger partial charge in [-0.3, -0.25) is 0 Å². The maximum absolute atomic E-state index is 5.05. The van der Waals surface area contributed by atoms with Gasteiger partial charge < -0.3 is 9.84 Å². The molecule has 1 aliphatic heterocycles. The molecule has 1 aromatic rings. The number of hydrogen-bond acceptors (Lipinski definition) is 4. The molecule has 1 N–H and O–H groups in total. The lowest BCUT2D eigenvalue weighted by Crippen LogP contribution is -2.33. The van der Waals surface area contributed by atoms with Gasteiger partial charge in [-0.15, -0.1) is 0 Å². The van der Waals surface area contributed by atoms with Crippen molar-refractivity contribution in [1.82, 2.24) is 15.5 Å². The van der Waals surface area contributed by atoms with Crippen LogP contribution in [-0.2, 0) is 0 Å². The predicted octanol–water partition coefficient (Wildman–Crippen LogP) is 0.783. The quantitative estimate of drug-likeness (QED) is 0.671. The number of nitrogens with zero attached hydrogens (tertiary/aromatic N) is 2. The molecule has 0 aliphatic carbocycles. The first kappa shape index (κ1) is 7.73. The van der Waals surface area contributed by atoms with Crippen molar-refractivity contribution in [2.24, 2.45) is 5.92 Å². The van der Waals surface area contributed by atoms with Crippen molar-refractivity contribution >= 4 is 0 Å². The Hall–Kier alpha value is -0.900. The van der Waals surface area contributed by atoms with E-state index >= 15 is 0 Å². The molecular formula is C8H13N3O. The number of rotatable bonds is 1. The molecule has 0 amide bonds. The summed E-state index contributed by atoms with van der Waals surface area (Å²) >= 11 is 0. The Morgan fingerprint density at radius 2 is 2.58 bits per heavy atom. The van der Waals surface area contributed by atoms with E-state index in [1.165, 1.54) is 6.33 Å². The van der Waals surface area contributed by atoms with E-state index in [1.54, 1.807) is 0 Å². The molecule has 66 valence electrons. The fourth-order valence-corrected chi connectivity index (χ4v) is 1.73. The van der Waals surface area contributed by atoms with Gasteiger partial charge in [0.05, 0.1) is 0 Å². The van der Waals surface area contributed by atoms with Crippen LogP contribution < -0.4 is 5.32 Å². The van der Waals surface area contributed by atoms with Crippen molar-refractivity contribution in [2.75, 3.05) is 13.1 Å². The molecule has 1 saturated heterocycles. The van der Waals surface area contributed by atoms with Gasteiger partial charge in [0.1, 0.15) is 0 Å². The summed E-state index contributed by atoms with van der Waals surface area (Å²) in [5.74, 6) is 1.84. The third kappa shape index (κ3) is 1.34. The van der Waals surface area contributed by atoms with Crippen molar-refractivity contribution in [2.45, 2.75) is 19.3 Å². The molecule has 12 heavy (non-hydrogen) atoms. The second kappa shape index (κ2) is 3.23. The van der Waals surface area contributed by atoms with Crippen LogP contribution in [0.2, 0.25) is 0 Å². The summed E-state index contributed by atoms with van der Waals surface area (Å²) in [5.41, 5.74) is 0. The summed E-state index contributed by atoms with van der Waals surface area (Å²) in [4.78, 5) is 4.08. The van der Waals surface area contributed by atoms with Crippen LogP contribution in [0.1, 0.15) is 25.2 Å². The number of piperidine rings is 1. The zero-order valence-corrected chi connectivity index (χ0v) is 7.16. The van der Waals surface area contributed by atoms with Gasteiger partial charge >= 0.3 is 0 Å². The maximum Gasteiger partial charge on any atom is 0.229 e. The highest BCUT2D eigenvalue weighted by Gasteiger charge is 2.26. The zero-order chi connectivity index (χ0) is 8.39. The Morgan fingerprint density at radius 3 is 3.25 bits per heavy atom. The Kier molecular flexibility index (Phi) is 2.08. The van der Waals surface area contributed by atoms with Crippen LogP contribution >= 0.6 is 0 Å². The van der Waals surface area contributed by atoms with E-state index in [2.05, 4.69) is 22.4 Å². The van der Waals surface area contributed by atoms with E-state index in [0.29, 0.717) is 11.8 Å². The normalized spacial score (nSPS) is 30.4. The SMILES string of the molecule is CC1CNCCC1c1ncno1. The van der Waals surface area contributed by atoms with Crippen molar-refractivity contribution < 1.29 is 4.52 Å². The van der Waals surface area contributed by atoms with E-state index in [9.17, 15) is 0 Å². The summed E-state index contributed by atoms with van der Waals surface area (Å²) in [6.07, 6.45) is 2.58. The Labute approximate surface area is 71.4 Å². The molecule has 2 atom stereocenters. The molecule has 2 unspecified atom stereocenters. The van der Waals surface area contributed by atoms with Crippen molar-refractivity contribution in [1.29, 1.82) is 0 Å². The Balaban J connectivity index is 2.11. The van der Waals surface area contributed by atoms with Gasteiger partial charge in [0.25, 0.3) is 0 Å². The molecule has 0 saturated carbocycles. The average Bonchev–Trinajstić information content (AvgIpc) is 2.57. The van der Waals surface area contributed by atoms with E-state index in [1.807, 2.05) is 0 Å². The lowest BCUT2D eigenvalue weighted by atomic mass is 9.88. The van der Waals surface area contributed by atoms with Gasteiger partial charge in [-0.2, -0.15) is 4.98 Å². The minimum Gasteiger partial charge on any atom is -0.339 e. The third-order valence-electron chi connectivity index (χ3n) is 2.48. The van der Waals surface area contributed by atoms with Gasteiger partial charge in [-0.05, 0) is 25.4 Å². The van der Waals surface area contributed by atoms with Gasteiger partial charge in [-0.1, -0.05) is 12.1 Å². The van der Waals surface area contributed by atoms with Gasteiger partial charge in [0.15, 0.2) is 6.33 Å². The summed E-state index contributed by atoms with van der Waals surface area (Å²) < 4.78 is 5.05. The first-order valence-corrected chi connectivity index (χ1v) is 4.35. The molecular weight excluding hydrogens is 154 g/mol. The fourth-order valence-electron chi connectivity index (χ4n) is 1.73. The maximum atomic E-state index is 5.05. The molecule has 2 rings (SSSR count). The topological polar surface area (TPSA) is 51.0 Å². The second-order valence-corrected chi connectivity index (χ2v) is 3.36. The van der Waals surface area contributed by atoms with Crippen LogP contribution in [0, 0.1) is 5.92 Å². The summed E-state index contributed by atoms with van der Waals surface area (Å²) in [7, 11) is 0. The molecule has 0 spiro atoms. The molecule has 1 aromatic heterocycles. The van der Waals surface area contributed by atoms with Crippen molar-refractivity contribution in [3.8, 4) is 0 Å². The van der Waals surface area contributed by atoms with E-state index in [0.717, 1.165) is 25.4 Å². The molecule has 0 bridgehead atoms. The second-order valence-electron chi connectivity index (χ2n) is 3.36. The van der Waals surface area contributed by atoms with Crippen LogP contribution in [-0.4, -0.2) is 23.2 Å². The number of hydrogen-bond donors (Lipinski definition) is 1. The summed E-state index contributed by atoms with van der Waals surface area (Å²) in [5, 5.41) is 6.96. The molecule has 4 heteroatoms. The Bertz CT molecular complexity index is 234. The van der Waals surface area contributed by atoms with E-state index in [4.69, 9.17) is 4.52 Å². The minimum absolute atomic E-state index is 0.453. The van der Waals surface area contributed by atoms with Crippen LogP contribution in [0.15, 0.2) is 10.9 Å². The predicted molar refractivity (Wildman–Crippen MR) is 43.7 cm³/mol. The van der Waals surface area contributed by atoms with E-state index in [-0.39, 0.29) is 0 Å². The lowest BCUT2D eigenvalue weighted by Gasteiger charge is -2.26. The minimum atomic E-state index is 0.453. The van der Waals surface area contributed by atoms with Gasteiger partial charge in [-0.25, -0.2) is 0 Å². The summed E-state index contributed by atoms with van der Waals surface area (Å²) in [6, 6.07) is 0. The monoisotopic (exact) mass is 167 g/mol. The zero-order valence-electron chi connectivity index (χ0n) is 7.16. The molecule has 1 fully saturated rings. The standard InChI is InChI=1S/C8H13N3O/c1-6-4-9-3-2-7(6)8-10-5-11-12-8/h5-7,9H,2-4H2,1H3. The highest BCUT2D eigenvalue weighted by Crippen LogP contribution is 2.27. The molecule has 4 nitrogen and oxygen atoms in total. The average molecular weight is 167 g/mol. The third-order valence-corrected chi connectivity index (χ3v) is 2.48. The van der Waals surface area contributed by atoms with Crippen LogP contribution in [0.4, 0.5) is 0 Å². The van der Waals surface area contributed by atoms with Crippen LogP contribution in [0.3, 0.4) is 0 Å². The molecule has 2 heterocycles. The molecule has 0 radical (unpaired) electrons. The first-order valence-electron chi connectivity index (χ1n) is 4.35.